The average molecular weight is 244 g/mol. The second-order valence-electron chi connectivity index (χ2n) is 4.43. The highest BCUT2D eigenvalue weighted by Gasteiger charge is 2.06. The van der Waals surface area contributed by atoms with Crippen LogP contribution in [0.2, 0.25) is 0 Å². The maximum absolute atomic E-state index is 4.32. The summed E-state index contributed by atoms with van der Waals surface area (Å²) >= 11 is 0. The molecule has 0 aromatic carbocycles. The molecule has 0 aliphatic rings. The molecular formula is C14H20N4. The van der Waals surface area contributed by atoms with Gasteiger partial charge in [-0.25, -0.2) is 0 Å². The van der Waals surface area contributed by atoms with Crippen molar-refractivity contribution in [2.45, 2.75) is 39.4 Å². The van der Waals surface area contributed by atoms with Crippen LogP contribution in [0.1, 0.15) is 37.6 Å². The number of pyridine rings is 1. The quantitative estimate of drug-likeness (QED) is 0.849. The Morgan fingerprint density at radius 3 is 2.72 bits per heavy atom. The van der Waals surface area contributed by atoms with E-state index in [1.54, 1.807) is 0 Å². The second-order valence-corrected chi connectivity index (χ2v) is 4.43. The van der Waals surface area contributed by atoms with E-state index in [0.29, 0.717) is 6.04 Å². The number of nitrogens with one attached hydrogen (secondary N) is 1. The minimum atomic E-state index is 0.318. The van der Waals surface area contributed by atoms with Gasteiger partial charge in [0.15, 0.2) is 0 Å². The van der Waals surface area contributed by atoms with Gasteiger partial charge < -0.3 is 5.32 Å². The molecule has 4 nitrogen and oxygen atoms in total. The van der Waals surface area contributed by atoms with Crippen LogP contribution in [0.25, 0.3) is 0 Å². The van der Waals surface area contributed by atoms with Gasteiger partial charge in [-0.1, -0.05) is 6.92 Å². The van der Waals surface area contributed by atoms with Gasteiger partial charge in [0, 0.05) is 37.7 Å². The van der Waals surface area contributed by atoms with Crippen molar-refractivity contribution in [2.75, 3.05) is 0 Å². The predicted octanol–water partition coefficient (Wildman–Crippen LogP) is 2.54. The van der Waals surface area contributed by atoms with Crippen molar-refractivity contribution in [2.24, 2.45) is 0 Å². The Morgan fingerprint density at radius 1 is 1.22 bits per heavy atom. The zero-order valence-electron chi connectivity index (χ0n) is 11.0. The number of rotatable bonds is 6. The summed E-state index contributed by atoms with van der Waals surface area (Å²) in [5.41, 5.74) is 2.49. The molecule has 0 radical (unpaired) electrons. The first-order valence-electron chi connectivity index (χ1n) is 6.45. The van der Waals surface area contributed by atoms with E-state index in [9.17, 15) is 0 Å². The van der Waals surface area contributed by atoms with E-state index in [1.165, 1.54) is 11.3 Å². The van der Waals surface area contributed by atoms with Crippen molar-refractivity contribution < 1.29 is 0 Å². The Hall–Kier alpha value is -1.68. The Balaban J connectivity index is 1.93. The zero-order valence-corrected chi connectivity index (χ0v) is 11.0. The fraction of sp³-hybridized carbons (Fsp3) is 0.429. The van der Waals surface area contributed by atoms with Crippen molar-refractivity contribution in [3.05, 3.63) is 48.0 Å². The standard InChI is InChI=1S/C14H20N4/c1-3-10-18-14(6-9-17-18)11-16-12(2)13-4-7-15-8-5-13/h4-9,12,16H,3,10-11H2,1-2H3. The van der Waals surface area contributed by atoms with Gasteiger partial charge >= 0.3 is 0 Å². The third-order valence-corrected chi connectivity index (χ3v) is 3.04. The molecule has 2 aromatic heterocycles. The van der Waals surface area contributed by atoms with Gasteiger partial charge in [-0.15, -0.1) is 0 Å². The lowest BCUT2D eigenvalue weighted by molar-refractivity contribution is 0.516. The highest BCUT2D eigenvalue weighted by atomic mass is 15.3. The van der Waals surface area contributed by atoms with Gasteiger partial charge in [0.1, 0.15) is 0 Å². The molecule has 0 saturated heterocycles. The largest absolute Gasteiger partial charge is 0.305 e. The fourth-order valence-corrected chi connectivity index (χ4v) is 1.95. The van der Waals surface area contributed by atoms with E-state index in [4.69, 9.17) is 0 Å². The van der Waals surface area contributed by atoms with Crippen LogP contribution in [0.5, 0.6) is 0 Å². The normalized spacial score (nSPS) is 12.6. The van der Waals surface area contributed by atoms with E-state index in [1.807, 2.05) is 30.7 Å². The fourth-order valence-electron chi connectivity index (χ4n) is 1.95. The Kier molecular flexibility index (Phi) is 4.47. The Labute approximate surface area is 108 Å². The van der Waals surface area contributed by atoms with Crippen LogP contribution in [-0.4, -0.2) is 14.8 Å². The summed E-state index contributed by atoms with van der Waals surface area (Å²) in [4.78, 5) is 4.03. The minimum absolute atomic E-state index is 0.318. The van der Waals surface area contributed by atoms with E-state index in [0.717, 1.165) is 19.5 Å². The number of nitrogens with zero attached hydrogens (tertiary/aromatic N) is 3. The molecule has 1 unspecified atom stereocenters. The molecule has 0 spiro atoms. The van der Waals surface area contributed by atoms with Crippen LogP contribution < -0.4 is 5.32 Å². The first-order valence-corrected chi connectivity index (χ1v) is 6.45. The van der Waals surface area contributed by atoms with E-state index >= 15 is 0 Å². The van der Waals surface area contributed by atoms with Gasteiger partial charge in [-0.05, 0) is 37.1 Å². The summed E-state index contributed by atoms with van der Waals surface area (Å²) < 4.78 is 2.06. The van der Waals surface area contributed by atoms with Gasteiger partial charge in [-0.2, -0.15) is 5.10 Å². The highest BCUT2D eigenvalue weighted by Crippen LogP contribution is 2.11. The maximum Gasteiger partial charge on any atom is 0.0522 e. The molecule has 2 rings (SSSR count). The number of hydrogen-bond donors (Lipinski definition) is 1. The van der Waals surface area contributed by atoms with Crippen LogP contribution >= 0.6 is 0 Å². The molecule has 1 atom stereocenters. The third kappa shape index (κ3) is 3.17. The number of hydrogen-bond acceptors (Lipinski definition) is 3. The van der Waals surface area contributed by atoms with Crippen molar-refractivity contribution in [3.8, 4) is 0 Å². The molecule has 18 heavy (non-hydrogen) atoms. The minimum Gasteiger partial charge on any atom is -0.305 e. The summed E-state index contributed by atoms with van der Waals surface area (Å²) in [5, 5.41) is 7.83. The second kappa shape index (κ2) is 6.31. The molecule has 0 aliphatic heterocycles. The first kappa shape index (κ1) is 12.8. The first-order chi connectivity index (χ1) is 8.81. The molecule has 0 aliphatic carbocycles. The highest BCUT2D eigenvalue weighted by molar-refractivity contribution is 5.14. The summed E-state index contributed by atoms with van der Waals surface area (Å²) in [6.45, 7) is 6.14. The molecule has 2 aromatic rings. The molecule has 4 heteroatoms. The van der Waals surface area contributed by atoms with Gasteiger partial charge in [-0.3, -0.25) is 9.67 Å². The van der Waals surface area contributed by atoms with Crippen molar-refractivity contribution in [1.82, 2.24) is 20.1 Å². The topological polar surface area (TPSA) is 42.7 Å². The van der Waals surface area contributed by atoms with Crippen molar-refractivity contribution in [1.29, 1.82) is 0 Å². The molecular weight excluding hydrogens is 224 g/mol. The summed E-state index contributed by atoms with van der Waals surface area (Å²) in [5.74, 6) is 0. The monoisotopic (exact) mass is 244 g/mol. The molecule has 0 fully saturated rings. The lowest BCUT2D eigenvalue weighted by Crippen LogP contribution is -2.20. The Morgan fingerprint density at radius 2 is 2.00 bits per heavy atom. The molecule has 2 heterocycles. The van der Waals surface area contributed by atoms with E-state index in [2.05, 4.69) is 40.0 Å². The lowest BCUT2D eigenvalue weighted by Gasteiger charge is -2.14. The SMILES string of the molecule is CCCn1nccc1CNC(C)c1ccncc1. The third-order valence-electron chi connectivity index (χ3n) is 3.04. The van der Waals surface area contributed by atoms with Gasteiger partial charge in [0.2, 0.25) is 0 Å². The lowest BCUT2D eigenvalue weighted by atomic mass is 10.1. The number of aromatic nitrogens is 3. The molecule has 0 amide bonds. The van der Waals surface area contributed by atoms with E-state index < -0.39 is 0 Å². The van der Waals surface area contributed by atoms with Gasteiger partial charge in [0.05, 0.1) is 5.69 Å². The smallest absolute Gasteiger partial charge is 0.0522 e. The van der Waals surface area contributed by atoms with Crippen molar-refractivity contribution >= 4 is 0 Å². The molecule has 1 N–H and O–H groups in total. The van der Waals surface area contributed by atoms with E-state index in [-0.39, 0.29) is 0 Å². The summed E-state index contributed by atoms with van der Waals surface area (Å²) in [7, 11) is 0. The van der Waals surface area contributed by atoms with Crippen LogP contribution in [0, 0.1) is 0 Å². The zero-order chi connectivity index (χ0) is 12.8. The number of aryl methyl sites for hydroxylation is 1. The summed E-state index contributed by atoms with van der Waals surface area (Å²) in [6.07, 6.45) is 6.63. The molecule has 0 bridgehead atoms. The van der Waals surface area contributed by atoms with Gasteiger partial charge in [0.25, 0.3) is 0 Å². The van der Waals surface area contributed by atoms with Crippen LogP contribution in [0.4, 0.5) is 0 Å². The predicted molar refractivity (Wildman–Crippen MR) is 72.0 cm³/mol. The van der Waals surface area contributed by atoms with Crippen LogP contribution in [-0.2, 0) is 13.1 Å². The molecule has 96 valence electrons. The van der Waals surface area contributed by atoms with Crippen LogP contribution in [0.15, 0.2) is 36.8 Å². The summed E-state index contributed by atoms with van der Waals surface area (Å²) in [6, 6.07) is 6.47. The Bertz CT molecular complexity index is 464. The van der Waals surface area contributed by atoms with Crippen molar-refractivity contribution in [3.63, 3.8) is 0 Å². The van der Waals surface area contributed by atoms with Crippen LogP contribution in [0.3, 0.4) is 0 Å². The maximum atomic E-state index is 4.32. The molecule has 0 saturated carbocycles. The average Bonchev–Trinajstić information content (AvgIpc) is 2.85.